The summed E-state index contributed by atoms with van der Waals surface area (Å²) in [4.78, 5) is 13.6. The predicted octanol–water partition coefficient (Wildman–Crippen LogP) is 0.217. The smallest absolute Gasteiger partial charge is 0.234 e. The standard InChI is InChI=1S/C11H22N2O2/c1-11(2)4-3-6-13(9-11)8-10(15)12-5-7-14/h14H,3-9H2,1-2H3,(H,12,15). The summed E-state index contributed by atoms with van der Waals surface area (Å²) in [5.74, 6) is 0.0155. The van der Waals surface area contributed by atoms with Gasteiger partial charge in [0.2, 0.25) is 5.91 Å². The van der Waals surface area contributed by atoms with Crippen LogP contribution in [0.25, 0.3) is 0 Å². The lowest BCUT2D eigenvalue weighted by Gasteiger charge is -2.37. The van der Waals surface area contributed by atoms with E-state index >= 15 is 0 Å². The van der Waals surface area contributed by atoms with Crippen LogP contribution in [0.15, 0.2) is 0 Å². The minimum atomic E-state index is 0.0111. The van der Waals surface area contributed by atoms with Gasteiger partial charge in [-0.1, -0.05) is 13.8 Å². The van der Waals surface area contributed by atoms with Crippen LogP contribution >= 0.6 is 0 Å². The van der Waals surface area contributed by atoms with Crippen molar-refractivity contribution in [2.45, 2.75) is 26.7 Å². The van der Waals surface area contributed by atoms with Gasteiger partial charge in [-0.15, -0.1) is 0 Å². The largest absolute Gasteiger partial charge is 0.395 e. The van der Waals surface area contributed by atoms with E-state index in [0.29, 0.717) is 18.5 Å². The van der Waals surface area contributed by atoms with Gasteiger partial charge in [-0.2, -0.15) is 0 Å². The highest BCUT2D eigenvalue weighted by atomic mass is 16.3. The Bertz CT molecular complexity index is 217. The molecule has 0 aromatic carbocycles. The summed E-state index contributed by atoms with van der Waals surface area (Å²) in [6.45, 7) is 7.31. The second-order valence-corrected chi connectivity index (χ2v) is 5.05. The Balaban J connectivity index is 2.28. The van der Waals surface area contributed by atoms with Crippen LogP contribution in [-0.2, 0) is 4.79 Å². The topological polar surface area (TPSA) is 52.6 Å². The highest BCUT2D eigenvalue weighted by molar-refractivity contribution is 5.77. The molecule has 15 heavy (non-hydrogen) atoms. The van der Waals surface area contributed by atoms with Crippen molar-refractivity contribution >= 4 is 5.91 Å². The van der Waals surface area contributed by atoms with Gasteiger partial charge in [0.1, 0.15) is 0 Å². The van der Waals surface area contributed by atoms with Crippen molar-refractivity contribution in [2.24, 2.45) is 5.41 Å². The molecule has 1 amide bonds. The number of nitrogens with one attached hydrogen (secondary N) is 1. The van der Waals surface area contributed by atoms with Crippen molar-refractivity contribution in [1.29, 1.82) is 0 Å². The number of aliphatic hydroxyl groups is 1. The quantitative estimate of drug-likeness (QED) is 0.704. The number of likely N-dealkylation sites (tertiary alicyclic amines) is 1. The molecule has 0 atom stereocenters. The molecule has 4 nitrogen and oxygen atoms in total. The summed E-state index contributed by atoms with van der Waals surface area (Å²) in [5.41, 5.74) is 0.329. The molecule has 0 aliphatic carbocycles. The van der Waals surface area contributed by atoms with Crippen LogP contribution in [0.3, 0.4) is 0 Å². The van der Waals surface area contributed by atoms with E-state index in [1.807, 2.05) is 0 Å². The van der Waals surface area contributed by atoms with Gasteiger partial charge in [-0.25, -0.2) is 0 Å². The summed E-state index contributed by atoms with van der Waals surface area (Å²) in [7, 11) is 0. The number of piperidine rings is 1. The molecule has 1 rings (SSSR count). The summed E-state index contributed by atoms with van der Waals surface area (Å²) in [5, 5.41) is 11.3. The third-order valence-electron chi connectivity index (χ3n) is 2.78. The van der Waals surface area contributed by atoms with Crippen molar-refractivity contribution in [1.82, 2.24) is 10.2 Å². The fraction of sp³-hybridized carbons (Fsp3) is 0.909. The van der Waals surface area contributed by atoms with Crippen LogP contribution < -0.4 is 5.32 Å². The van der Waals surface area contributed by atoms with Crippen LogP contribution in [0, 0.1) is 5.41 Å². The Hall–Kier alpha value is -0.610. The molecule has 0 spiro atoms. The lowest BCUT2D eigenvalue weighted by atomic mass is 9.84. The molecule has 88 valence electrons. The lowest BCUT2D eigenvalue weighted by Crippen LogP contribution is -2.45. The second-order valence-electron chi connectivity index (χ2n) is 5.05. The predicted molar refractivity (Wildman–Crippen MR) is 59.6 cm³/mol. The molecule has 0 radical (unpaired) electrons. The minimum absolute atomic E-state index is 0.0111. The Labute approximate surface area is 91.6 Å². The Morgan fingerprint density at radius 3 is 2.87 bits per heavy atom. The van der Waals surface area contributed by atoms with E-state index in [1.165, 1.54) is 12.8 Å². The third-order valence-corrected chi connectivity index (χ3v) is 2.78. The molecule has 1 fully saturated rings. The second kappa shape index (κ2) is 5.47. The van der Waals surface area contributed by atoms with Crippen LogP contribution in [0.2, 0.25) is 0 Å². The molecule has 0 aromatic rings. The monoisotopic (exact) mass is 214 g/mol. The molecule has 2 N–H and O–H groups in total. The molecule has 0 saturated carbocycles. The first kappa shape index (κ1) is 12.5. The number of aliphatic hydroxyl groups excluding tert-OH is 1. The number of amides is 1. The number of rotatable bonds is 4. The van der Waals surface area contributed by atoms with E-state index in [0.717, 1.165) is 13.1 Å². The van der Waals surface area contributed by atoms with E-state index in [2.05, 4.69) is 24.1 Å². The Morgan fingerprint density at radius 2 is 2.27 bits per heavy atom. The van der Waals surface area contributed by atoms with Gasteiger partial charge in [0, 0.05) is 13.1 Å². The number of hydrogen-bond donors (Lipinski definition) is 2. The van der Waals surface area contributed by atoms with Crippen molar-refractivity contribution in [3.8, 4) is 0 Å². The maximum absolute atomic E-state index is 11.4. The molecular weight excluding hydrogens is 192 g/mol. The first-order valence-electron chi connectivity index (χ1n) is 5.63. The molecule has 4 heteroatoms. The van der Waals surface area contributed by atoms with Crippen molar-refractivity contribution < 1.29 is 9.90 Å². The SMILES string of the molecule is CC1(C)CCCN(CC(=O)NCCO)C1. The van der Waals surface area contributed by atoms with Crippen LogP contribution in [0.4, 0.5) is 0 Å². The number of hydrogen-bond acceptors (Lipinski definition) is 3. The Kier molecular flexibility index (Phi) is 4.54. The minimum Gasteiger partial charge on any atom is -0.395 e. The van der Waals surface area contributed by atoms with Crippen LogP contribution in [-0.4, -0.2) is 48.7 Å². The van der Waals surface area contributed by atoms with Gasteiger partial charge < -0.3 is 10.4 Å². The third kappa shape index (κ3) is 4.62. The van der Waals surface area contributed by atoms with E-state index in [9.17, 15) is 4.79 Å². The van der Waals surface area contributed by atoms with E-state index in [4.69, 9.17) is 5.11 Å². The van der Waals surface area contributed by atoms with E-state index in [1.54, 1.807) is 0 Å². The lowest BCUT2D eigenvalue weighted by molar-refractivity contribution is -0.123. The summed E-state index contributed by atoms with van der Waals surface area (Å²) < 4.78 is 0. The molecule has 1 aliphatic rings. The summed E-state index contributed by atoms with van der Waals surface area (Å²) in [6, 6.07) is 0. The highest BCUT2D eigenvalue weighted by Crippen LogP contribution is 2.27. The maximum atomic E-state index is 11.4. The molecule has 0 bridgehead atoms. The van der Waals surface area contributed by atoms with Gasteiger partial charge >= 0.3 is 0 Å². The molecule has 1 saturated heterocycles. The first-order chi connectivity index (χ1) is 7.03. The fourth-order valence-electron chi connectivity index (χ4n) is 2.13. The molecule has 0 unspecified atom stereocenters. The fourth-order valence-corrected chi connectivity index (χ4v) is 2.13. The van der Waals surface area contributed by atoms with Gasteiger partial charge in [0.25, 0.3) is 0 Å². The molecule has 1 aliphatic heterocycles. The zero-order chi connectivity index (χ0) is 11.3. The Morgan fingerprint density at radius 1 is 1.53 bits per heavy atom. The van der Waals surface area contributed by atoms with Crippen molar-refractivity contribution in [2.75, 3.05) is 32.8 Å². The summed E-state index contributed by atoms with van der Waals surface area (Å²) >= 11 is 0. The average molecular weight is 214 g/mol. The zero-order valence-corrected chi connectivity index (χ0v) is 9.75. The van der Waals surface area contributed by atoms with Crippen molar-refractivity contribution in [3.63, 3.8) is 0 Å². The summed E-state index contributed by atoms with van der Waals surface area (Å²) in [6.07, 6.45) is 2.40. The van der Waals surface area contributed by atoms with E-state index in [-0.39, 0.29) is 12.5 Å². The highest BCUT2D eigenvalue weighted by Gasteiger charge is 2.26. The van der Waals surface area contributed by atoms with Crippen LogP contribution in [0.1, 0.15) is 26.7 Å². The first-order valence-corrected chi connectivity index (χ1v) is 5.63. The van der Waals surface area contributed by atoms with Gasteiger partial charge in [0.15, 0.2) is 0 Å². The van der Waals surface area contributed by atoms with Gasteiger partial charge in [-0.3, -0.25) is 9.69 Å². The van der Waals surface area contributed by atoms with Crippen molar-refractivity contribution in [3.05, 3.63) is 0 Å². The number of nitrogens with zero attached hydrogens (tertiary/aromatic N) is 1. The van der Waals surface area contributed by atoms with E-state index < -0.39 is 0 Å². The molecule has 1 heterocycles. The maximum Gasteiger partial charge on any atom is 0.234 e. The molecule has 0 aromatic heterocycles. The van der Waals surface area contributed by atoms with Gasteiger partial charge in [-0.05, 0) is 24.8 Å². The number of carbonyl (C=O) groups is 1. The molecular formula is C11H22N2O2. The van der Waals surface area contributed by atoms with Crippen LogP contribution in [0.5, 0.6) is 0 Å². The number of carbonyl (C=O) groups excluding carboxylic acids is 1. The normalized spacial score (nSPS) is 21.3. The zero-order valence-electron chi connectivity index (χ0n) is 9.75. The van der Waals surface area contributed by atoms with Gasteiger partial charge in [0.05, 0.1) is 13.2 Å². The average Bonchev–Trinajstić information content (AvgIpc) is 2.13.